The quantitative estimate of drug-likeness (QED) is 0.425. The second-order valence-electron chi connectivity index (χ2n) is 9.64. The molecule has 3 aromatic rings. The minimum absolute atomic E-state index is 0.108. The van der Waals surface area contributed by atoms with Crippen LogP contribution in [0.1, 0.15) is 56.5 Å². The number of anilines is 2. The Bertz CT molecular complexity index is 1250. The predicted molar refractivity (Wildman–Crippen MR) is 140 cm³/mol. The molecule has 0 unspecified atom stereocenters. The smallest absolute Gasteiger partial charge is 0.248 e. The largest absolute Gasteiger partial charge is 0.360 e. The normalized spacial score (nSPS) is 12.1. The Morgan fingerprint density at radius 2 is 1.75 bits per heavy atom. The van der Waals surface area contributed by atoms with Crippen molar-refractivity contribution in [3.8, 4) is 0 Å². The van der Waals surface area contributed by atoms with Crippen LogP contribution in [0, 0.1) is 13.8 Å². The van der Waals surface area contributed by atoms with Crippen molar-refractivity contribution in [2.24, 2.45) is 0 Å². The van der Waals surface area contributed by atoms with E-state index in [9.17, 15) is 14.4 Å². The lowest BCUT2D eigenvalue weighted by atomic mass is 9.99. The lowest BCUT2D eigenvalue weighted by molar-refractivity contribution is -0.128. The maximum atomic E-state index is 13.7. The van der Waals surface area contributed by atoms with Gasteiger partial charge in [-0.15, -0.1) is 0 Å². The highest BCUT2D eigenvalue weighted by Crippen LogP contribution is 2.33. The van der Waals surface area contributed by atoms with Crippen LogP contribution in [0.2, 0.25) is 5.02 Å². The third kappa shape index (κ3) is 7.18. The van der Waals surface area contributed by atoms with Gasteiger partial charge >= 0.3 is 0 Å². The molecule has 0 radical (unpaired) electrons. The van der Waals surface area contributed by atoms with Gasteiger partial charge in [-0.25, -0.2) is 0 Å². The molecule has 1 heterocycles. The van der Waals surface area contributed by atoms with E-state index in [1.807, 2.05) is 45.9 Å². The minimum atomic E-state index is -1.05. The summed E-state index contributed by atoms with van der Waals surface area (Å²) in [6, 6.07) is 14.8. The highest BCUT2D eigenvalue weighted by molar-refractivity contribution is 6.31. The minimum Gasteiger partial charge on any atom is -0.360 e. The van der Waals surface area contributed by atoms with Crippen molar-refractivity contribution in [3.63, 3.8) is 0 Å². The van der Waals surface area contributed by atoms with Crippen molar-refractivity contribution < 1.29 is 18.9 Å². The summed E-state index contributed by atoms with van der Waals surface area (Å²) < 4.78 is 4.96. The molecule has 3 rings (SSSR count). The van der Waals surface area contributed by atoms with E-state index in [2.05, 4.69) is 15.8 Å². The number of halogens is 1. The zero-order valence-electron chi connectivity index (χ0n) is 21.1. The Morgan fingerprint density at radius 1 is 1.03 bits per heavy atom. The molecular weight excluding hydrogens is 480 g/mol. The summed E-state index contributed by atoms with van der Waals surface area (Å²) in [5.41, 5.74) is 1.38. The first-order chi connectivity index (χ1) is 16.9. The number of benzene rings is 2. The van der Waals surface area contributed by atoms with Gasteiger partial charge in [0.25, 0.3) is 0 Å². The highest BCUT2D eigenvalue weighted by atomic mass is 35.5. The molecule has 0 saturated carbocycles. The maximum absolute atomic E-state index is 13.7. The zero-order chi connectivity index (χ0) is 26.5. The van der Waals surface area contributed by atoms with Gasteiger partial charge in [0.1, 0.15) is 11.8 Å². The van der Waals surface area contributed by atoms with Crippen LogP contribution in [-0.2, 0) is 14.4 Å². The van der Waals surface area contributed by atoms with Gasteiger partial charge in [-0.1, -0.05) is 47.1 Å². The summed E-state index contributed by atoms with van der Waals surface area (Å²) >= 11 is 6.52. The Morgan fingerprint density at radius 3 is 2.36 bits per heavy atom. The zero-order valence-corrected chi connectivity index (χ0v) is 21.8. The standard InChI is InChI=1S/C27H31ClN4O4/c1-17-9-8-10-19(15-17)32(24(34)14-13-23(33)29-22-16-18(2)36-31-22)25(26(35)30-27(3,4)5)20-11-6-7-12-21(20)28/h6-12,15-16,25H,13-14H2,1-5H3,(H,30,35)(H,29,31,33)/t25-/m0/s1. The molecule has 0 aliphatic rings. The fraction of sp³-hybridized carbons (Fsp3) is 0.333. The average molecular weight is 511 g/mol. The molecule has 0 saturated heterocycles. The van der Waals surface area contributed by atoms with Crippen molar-refractivity contribution in [1.82, 2.24) is 10.5 Å². The molecule has 1 atom stereocenters. The summed E-state index contributed by atoms with van der Waals surface area (Å²) in [6.45, 7) is 9.21. The van der Waals surface area contributed by atoms with Crippen LogP contribution >= 0.6 is 11.6 Å². The Hall–Kier alpha value is -3.65. The molecule has 1 aromatic heterocycles. The molecule has 0 spiro atoms. The van der Waals surface area contributed by atoms with Gasteiger partial charge in [-0.05, 0) is 58.4 Å². The van der Waals surface area contributed by atoms with Crippen LogP contribution < -0.4 is 15.5 Å². The highest BCUT2D eigenvalue weighted by Gasteiger charge is 2.35. The van der Waals surface area contributed by atoms with Crippen LogP contribution in [0.25, 0.3) is 0 Å². The van der Waals surface area contributed by atoms with E-state index in [4.69, 9.17) is 16.1 Å². The van der Waals surface area contributed by atoms with E-state index in [1.165, 1.54) is 4.90 Å². The summed E-state index contributed by atoms with van der Waals surface area (Å²) in [6.07, 6.45) is -0.246. The Kier molecular flexibility index (Phi) is 8.53. The van der Waals surface area contributed by atoms with E-state index in [-0.39, 0.29) is 24.6 Å². The summed E-state index contributed by atoms with van der Waals surface area (Å²) in [7, 11) is 0. The summed E-state index contributed by atoms with van der Waals surface area (Å²) in [5, 5.41) is 9.69. The van der Waals surface area contributed by atoms with Gasteiger partial charge in [0.15, 0.2) is 5.82 Å². The second-order valence-corrected chi connectivity index (χ2v) is 10.0. The van der Waals surface area contributed by atoms with E-state index in [0.717, 1.165) is 5.56 Å². The number of amides is 3. The van der Waals surface area contributed by atoms with Gasteiger partial charge in [0.05, 0.1) is 0 Å². The first-order valence-electron chi connectivity index (χ1n) is 11.6. The molecule has 8 nitrogen and oxygen atoms in total. The van der Waals surface area contributed by atoms with Crippen molar-refractivity contribution >= 4 is 40.8 Å². The average Bonchev–Trinajstić information content (AvgIpc) is 3.19. The molecule has 0 aliphatic heterocycles. The molecule has 0 aliphatic carbocycles. The summed E-state index contributed by atoms with van der Waals surface area (Å²) in [4.78, 5) is 41.2. The second kappa shape index (κ2) is 11.4. The van der Waals surface area contributed by atoms with Gasteiger partial charge in [0, 0.05) is 40.7 Å². The van der Waals surface area contributed by atoms with E-state index < -0.39 is 23.4 Å². The van der Waals surface area contributed by atoms with E-state index in [0.29, 0.717) is 22.0 Å². The number of hydrogen-bond acceptors (Lipinski definition) is 5. The Labute approximate surface area is 216 Å². The molecule has 0 fully saturated rings. The van der Waals surface area contributed by atoms with Crippen LogP contribution in [-0.4, -0.2) is 28.4 Å². The fourth-order valence-corrected chi connectivity index (χ4v) is 3.96. The number of carbonyl (C=O) groups excluding carboxylic acids is 3. The number of aryl methyl sites for hydroxylation is 2. The topological polar surface area (TPSA) is 105 Å². The molecular formula is C27H31ClN4O4. The monoisotopic (exact) mass is 510 g/mol. The van der Waals surface area contributed by atoms with Crippen molar-refractivity contribution in [2.75, 3.05) is 10.2 Å². The first kappa shape index (κ1) is 26.9. The third-order valence-corrected chi connectivity index (χ3v) is 5.56. The van der Waals surface area contributed by atoms with Gasteiger partial charge in [-0.3, -0.25) is 19.3 Å². The lowest BCUT2D eigenvalue weighted by Gasteiger charge is -2.34. The number of nitrogens with one attached hydrogen (secondary N) is 2. The molecule has 9 heteroatoms. The number of rotatable bonds is 8. The van der Waals surface area contributed by atoms with Gasteiger partial charge < -0.3 is 15.2 Å². The SMILES string of the molecule is Cc1cccc(N(C(=O)CCC(=O)Nc2cc(C)on2)[C@H](C(=O)NC(C)(C)C)c2ccccc2Cl)c1. The van der Waals surface area contributed by atoms with Crippen molar-refractivity contribution in [1.29, 1.82) is 0 Å². The van der Waals surface area contributed by atoms with Gasteiger partial charge in [0.2, 0.25) is 17.7 Å². The van der Waals surface area contributed by atoms with Gasteiger partial charge in [-0.2, -0.15) is 0 Å². The summed E-state index contributed by atoms with van der Waals surface area (Å²) in [5.74, 6) is -0.346. The van der Waals surface area contributed by atoms with Crippen LogP contribution in [0.15, 0.2) is 59.1 Å². The molecule has 190 valence electrons. The van der Waals surface area contributed by atoms with Crippen molar-refractivity contribution in [3.05, 3.63) is 76.5 Å². The lowest BCUT2D eigenvalue weighted by Crippen LogP contribution is -2.49. The van der Waals surface area contributed by atoms with E-state index in [1.54, 1.807) is 43.3 Å². The van der Waals surface area contributed by atoms with Crippen LogP contribution in [0.3, 0.4) is 0 Å². The van der Waals surface area contributed by atoms with Crippen LogP contribution in [0.5, 0.6) is 0 Å². The number of hydrogen-bond donors (Lipinski definition) is 2. The number of carbonyl (C=O) groups is 3. The number of nitrogens with zero attached hydrogens (tertiary/aromatic N) is 2. The van der Waals surface area contributed by atoms with E-state index >= 15 is 0 Å². The Balaban J connectivity index is 1.97. The third-order valence-electron chi connectivity index (χ3n) is 5.21. The molecule has 0 bridgehead atoms. The number of aromatic nitrogens is 1. The molecule has 36 heavy (non-hydrogen) atoms. The molecule has 2 N–H and O–H groups in total. The predicted octanol–water partition coefficient (Wildman–Crippen LogP) is 5.35. The maximum Gasteiger partial charge on any atom is 0.248 e. The first-order valence-corrected chi connectivity index (χ1v) is 12.0. The van der Waals surface area contributed by atoms with Crippen molar-refractivity contribution in [2.45, 2.75) is 59.0 Å². The van der Waals surface area contributed by atoms with Crippen LogP contribution in [0.4, 0.5) is 11.5 Å². The molecule has 3 amide bonds. The molecule has 2 aromatic carbocycles. The fourth-order valence-electron chi connectivity index (χ4n) is 3.72.